The van der Waals surface area contributed by atoms with Gasteiger partial charge < -0.3 is 5.11 Å². The quantitative estimate of drug-likeness (QED) is 0.884. The number of aryl methyl sites for hydroxylation is 2. The van der Waals surface area contributed by atoms with Crippen LogP contribution in [0.1, 0.15) is 18.1 Å². The molecule has 0 aliphatic rings. The standard InChI is InChI=1S/C12H19NO3S/c1-9-5-6-10(2)12(7-9)17(15,16)13(4)11(3)8-14/h5-7,11,14H,8H2,1-4H3. The van der Waals surface area contributed by atoms with Crippen LogP contribution in [0.2, 0.25) is 0 Å². The van der Waals surface area contributed by atoms with E-state index in [-0.39, 0.29) is 6.61 Å². The maximum atomic E-state index is 12.3. The van der Waals surface area contributed by atoms with E-state index in [1.165, 1.54) is 11.4 Å². The Labute approximate surface area is 103 Å². The van der Waals surface area contributed by atoms with Gasteiger partial charge in [-0.05, 0) is 38.0 Å². The zero-order chi connectivity index (χ0) is 13.2. The number of sulfonamides is 1. The minimum Gasteiger partial charge on any atom is -0.395 e. The highest BCUT2D eigenvalue weighted by Crippen LogP contribution is 2.21. The summed E-state index contributed by atoms with van der Waals surface area (Å²) in [4.78, 5) is 0.306. The van der Waals surface area contributed by atoms with Crippen molar-refractivity contribution < 1.29 is 13.5 Å². The second-order valence-corrected chi connectivity index (χ2v) is 6.29. The first kappa shape index (κ1) is 14.2. The van der Waals surface area contributed by atoms with Crippen LogP contribution in [0.15, 0.2) is 23.1 Å². The minimum absolute atomic E-state index is 0.194. The first-order valence-electron chi connectivity index (χ1n) is 5.47. The molecule has 17 heavy (non-hydrogen) atoms. The Hall–Kier alpha value is -0.910. The van der Waals surface area contributed by atoms with Crippen molar-refractivity contribution in [2.75, 3.05) is 13.7 Å². The van der Waals surface area contributed by atoms with E-state index in [0.29, 0.717) is 10.5 Å². The summed E-state index contributed by atoms with van der Waals surface area (Å²) in [5.74, 6) is 0. The van der Waals surface area contributed by atoms with Crippen molar-refractivity contribution in [3.05, 3.63) is 29.3 Å². The number of aliphatic hydroxyl groups excluding tert-OH is 1. The topological polar surface area (TPSA) is 57.6 Å². The molecule has 0 saturated carbocycles. The van der Waals surface area contributed by atoms with Gasteiger partial charge in [0.15, 0.2) is 0 Å². The van der Waals surface area contributed by atoms with Crippen LogP contribution in [0.4, 0.5) is 0 Å². The molecule has 1 atom stereocenters. The molecule has 0 saturated heterocycles. The molecule has 0 fully saturated rings. The highest BCUT2D eigenvalue weighted by molar-refractivity contribution is 7.89. The predicted molar refractivity (Wildman–Crippen MR) is 67.4 cm³/mol. The highest BCUT2D eigenvalue weighted by atomic mass is 32.2. The van der Waals surface area contributed by atoms with E-state index < -0.39 is 16.1 Å². The Morgan fingerprint density at radius 3 is 2.47 bits per heavy atom. The largest absolute Gasteiger partial charge is 0.395 e. The number of likely N-dealkylation sites (N-methyl/N-ethyl adjacent to an activating group) is 1. The summed E-state index contributed by atoms with van der Waals surface area (Å²) in [6, 6.07) is 4.90. The number of benzene rings is 1. The van der Waals surface area contributed by atoms with Gasteiger partial charge in [-0.2, -0.15) is 4.31 Å². The smallest absolute Gasteiger partial charge is 0.243 e. The summed E-state index contributed by atoms with van der Waals surface area (Å²) >= 11 is 0. The normalized spacial score (nSPS) is 14.0. The Morgan fingerprint density at radius 1 is 1.35 bits per heavy atom. The lowest BCUT2D eigenvalue weighted by atomic mass is 10.2. The highest BCUT2D eigenvalue weighted by Gasteiger charge is 2.26. The van der Waals surface area contributed by atoms with Gasteiger partial charge in [0, 0.05) is 13.1 Å². The molecule has 0 heterocycles. The van der Waals surface area contributed by atoms with Crippen LogP contribution in [0.3, 0.4) is 0 Å². The van der Waals surface area contributed by atoms with Crippen molar-refractivity contribution in [2.45, 2.75) is 31.7 Å². The molecule has 0 spiro atoms. The third-order valence-corrected chi connectivity index (χ3v) is 5.00. The number of aliphatic hydroxyl groups is 1. The lowest BCUT2D eigenvalue weighted by Gasteiger charge is -2.23. The maximum absolute atomic E-state index is 12.3. The maximum Gasteiger partial charge on any atom is 0.243 e. The summed E-state index contributed by atoms with van der Waals surface area (Å²) in [6.45, 7) is 5.10. The molecule has 0 bridgehead atoms. The van der Waals surface area contributed by atoms with Crippen LogP contribution < -0.4 is 0 Å². The van der Waals surface area contributed by atoms with Crippen LogP contribution >= 0.6 is 0 Å². The molecule has 1 unspecified atom stereocenters. The fourth-order valence-electron chi connectivity index (χ4n) is 1.49. The van der Waals surface area contributed by atoms with Gasteiger partial charge in [0.05, 0.1) is 11.5 Å². The zero-order valence-electron chi connectivity index (χ0n) is 10.6. The molecule has 0 radical (unpaired) electrons. The molecular formula is C12H19NO3S. The molecule has 0 aliphatic heterocycles. The molecule has 0 aromatic heterocycles. The molecule has 1 aromatic rings. The third-order valence-electron chi connectivity index (χ3n) is 2.89. The number of nitrogens with zero attached hydrogens (tertiary/aromatic N) is 1. The molecule has 96 valence electrons. The Kier molecular flexibility index (Phi) is 4.30. The van der Waals surface area contributed by atoms with E-state index in [0.717, 1.165) is 5.56 Å². The van der Waals surface area contributed by atoms with Crippen LogP contribution in [0, 0.1) is 13.8 Å². The van der Waals surface area contributed by atoms with Gasteiger partial charge in [-0.3, -0.25) is 0 Å². The third kappa shape index (κ3) is 2.86. The van der Waals surface area contributed by atoms with Crippen molar-refractivity contribution in [2.24, 2.45) is 0 Å². The average Bonchev–Trinajstić information content (AvgIpc) is 2.30. The van der Waals surface area contributed by atoms with Gasteiger partial charge in [0.1, 0.15) is 0 Å². The summed E-state index contributed by atoms with van der Waals surface area (Å²) in [5.41, 5.74) is 1.62. The van der Waals surface area contributed by atoms with E-state index in [2.05, 4.69) is 0 Å². The molecule has 1 rings (SSSR count). The fourth-order valence-corrected chi connectivity index (χ4v) is 3.15. The Balaban J connectivity index is 3.26. The van der Waals surface area contributed by atoms with E-state index in [1.54, 1.807) is 26.0 Å². The van der Waals surface area contributed by atoms with Crippen molar-refractivity contribution in [1.29, 1.82) is 0 Å². The van der Waals surface area contributed by atoms with Gasteiger partial charge in [0.2, 0.25) is 10.0 Å². The first-order chi connectivity index (χ1) is 7.80. The summed E-state index contributed by atoms with van der Waals surface area (Å²) < 4.78 is 25.8. The summed E-state index contributed by atoms with van der Waals surface area (Å²) in [6.07, 6.45) is 0. The predicted octanol–water partition coefficient (Wildman–Crippen LogP) is 1.30. The second kappa shape index (κ2) is 5.16. The molecular weight excluding hydrogens is 238 g/mol. The van der Waals surface area contributed by atoms with Crippen LogP contribution in [-0.4, -0.2) is 37.5 Å². The molecule has 5 heteroatoms. The summed E-state index contributed by atoms with van der Waals surface area (Å²) in [5, 5.41) is 9.03. The summed E-state index contributed by atoms with van der Waals surface area (Å²) in [7, 11) is -2.05. The van der Waals surface area contributed by atoms with E-state index in [9.17, 15) is 8.42 Å². The van der Waals surface area contributed by atoms with Crippen LogP contribution in [0.5, 0.6) is 0 Å². The lowest BCUT2D eigenvalue weighted by Crippen LogP contribution is -2.37. The van der Waals surface area contributed by atoms with Gasteiger partial charge in [-0.1, -0.05) is 12.1 Å². The second-order valence-electron chi connectivity index (χ2n) is 4.32. The average molecular weight is 257 g/mol. The molecule has 1 aromatic carbocycles. The zero-order valence-corrected chi connectivity index (χ0v) is 11.5. The van der Waals surface area contributed by atoms with Crippen molar-refractivity contribution >= 4 is 10.0 Å². The van der Waals surface area contributed by atoms with Gasteiger partial charge >= 0.3 is 0 Å². The van der Waals surface area contributed by atoms with E-state index in [4.69, 9.17) is 5.11 Å². The van der Waals surface area contributed by atoms with Gasteiger partial charge in [-0.15, -0.1) is 0 Å². The first-order valence-corrected chi connectivity index (χ1v) is 6.91. The van der Waals surface area contributed by atoms with Gasteiger partial charge in [0.25, 0.3) is 0 Å². The fraction of sp³-hybridized carbons (Fsp3) is 0.500. The van der Waals surface area contributed by atoms with Crippen molar-refractivity contribution in [3.63, 3.8) is 0 Å². The molecule has 0 aliphatic carbocycles. The minimum atomic E-state index is -3.53. The molecule has 1 N–H and O–H groups in total. The Morgan fingerprint density at radius 2 is 1.94 bits per heavy atom. The van der Waals surface area contributed by atoms with Crippen molar-refractivity contribution in [3.8, 4) is 0 Å². The lowest BCUT2D eigenvalue weighted by molar-refractivity contribution is 0.214. The number of hydrogen-bond acceptors (Lipinski definition) is 3. The van der Waals surface area contributed by atoms with Gasteiger partial charge in [-0.25, -0.2) is 8.42 Å². The molecule has 0 amide bonds. The number of rotatable bonds is 4. The monoisotopic (exact) mass is 257 g/mol. The van der Waals surface area contributed by atoms with Crippen LogP contribution in [-0.2, 0) is 10.0 Å². The molecule has 4 nitrogen and oxygen atoms in total. The SMILES string of the molecule is Cc1ccc(C)c(S(=O)(=O)N(C)C(C)CO)c1. The number of hydrogen-bond donors (Lipinski definition) is 1. The van der Waals surface area contributed by atoms with Crippen LogP contribution in [0.25, 0.3) is 0 Å². The Bertz CT molecular complexity index is 496. The van der Waals surface area contributed by atoms with E-state index in [1.807, 2.05) is 13.0 Å². The van der Waals surface area contributed by atoms with Crippen molar-refractivity contribution in [1.82, 2.24) is 4.31 Å². The van der Waals surface area contributed by atoms with E-state index >= 15 is 0 Å².